The molecule has 17 heavy (non-hydrogen) atoms. The summed E-state index contributed by atoms with van der Waals surface area (Å²) in [7, 11) is -3.29. The van der Waals surface area contributed by atoms with Gasteiger partial charge in [0.15, 0.2) is 0 Å². The highest BCUT2D eigenvalue weighted by Crippen LogP contribution is 2.43. The lowest BCUT2D eigenvalue weighted by Crippen LogP contribution is -1.97. The second-order valence-electron chi connectivity index (χ2n) is 4.67. The minimum atomic E-state index is -3.29. The first-order valence-corrected chi connectivity index (χ1v) is 8.85. The van der Waals surface area contributed by atoms with Gasteiger partial charge < -0.3 is 9.42 Å². The molecular formula is C13H29O3P. The fraction of sp³-hybridized carbons (Fsp3) is 1.00. The number of hydrogen-bond acceptors (Lipinski definition) is 2. The maximum Gasteiger partial charge on any atom is 0.328 e. The van der Waals surface area contributed by atoms with Gasteiger partial charge in [-0.2, -0.15) is 0 Å². The number of rotatable bonds is 12. The molecule has 0 aliphatic heterocycles. The van der Waals surface area contributed by atoms with Gasteiger partial charge in [0.25, 0.3) is 0 Å². The average molecular weight is 264 g/mol. The van der Waals surface area contributed by atoms with E-state index in [4.69, 9.17) is 4.52 Å². The molecule has 0 aromatic rings. The summed E-state index contributed by atoms with van der Waals surface area (Å²) in [5.41, 5.74) is 0. The van der Waals surface area contributed by atoms with E-state index in [0.717, 1.165) is 38.5 Å². The molecule has 0 saturated heterocycles. The van der Waals surface area contributed by atoms with Crippen LogP contribution in [-0.2, 0) is 9.09 Å². The van der Waals surface area contributed by atoms with Crippen LogP contribution >= 0.6 is 7.60 Å². The summed E-state index contributed by atoms with van der Waals surface area (Å²) in [4.78, 5) is 9.55. The molecule has 1 atom stereocenters. The minimum Gasteiger partial charge on any atom is -0.324 e. The minimum absolute atomic E-state index is 0.321. The molecular weight excluding hydrogens is 235 g/mol. The quantitative estimate of drug-likeness (QED) is 0.409. The topological polar surface area (TPSA) is 46.5 Å². The van der Waals surface area contributed by atoms with Crippen molar-refractivity contribution >= 4 is 7.60 Å². The van der Waals surface area contributed by atoms with Crippen LogP contribution in [0.25, 0.3) is 0 Å². The molecule has 0 amide bonds. The van der Waals surface area contributed by atoms with Gasteiger partial charge in [-0.15, -0.1) is 0 Å². The highest BCUT2D eigenvalue weighted by molar-refractivity contribution is 7.52. The van der Waals surface area contributed by atoms with E-state index in [-0.39, 0.29) is 0 Å². The first kappa shape index (κ1) is 17.2. The zero-order chi connectivity index (χ0) is 13.0. The first-order valence-electron chi connectivity index (χ1n) is 7.08. The summed E-state index contributed by atoms with van der Waals surface area (Å²) in [5.74, 6) is 0. The third-order valence-corrected chi connectivity index (χ3v) is 4.30. The van der Waals surface area contributed by atoms with E-state index in [1.165, 1.54) is 19.3 Å². The number of unbranched alkanes of at least 4 members (excludes halogenated alkanes) is 7. The van der Waals surface area contributed by atoms with Crippen LogP contribution in [0.15, 0.2) is 0 Å². The molecule has 104 valence electrons. The van der Waals surface area contributed by atoms with E-state index in [9.17, 15) is 9.46 Å². The Morgan fingerprint density at radius 3 is 2.00 bits per heavy atom. The summed E-state index contributed by atoms with van der Waals surface area (Å²) in [6.45, 7) is 4.74. The Morgan fingerprint density at radius 1 is 0.882 bits per heavy atom. The molecule has 0 bridgehead atoms. The predicted molar refractivity (Wildman–Crippen MR) is 73.5 cm³/mol. The fourth-order valence-electron chi connectivity index (χ4n) is 1.72. The van der Waals surface area contributed by atoms with Gasteiger partial charge in [0.2, 0.25) is 0 Å². The molecule has 0 aliphatic carbocycles. The van der Waals surface area contributed by atoms with Crippen molar-refractivity contribution in [1.82, 2.24) is 0 Å². The molecule has 1 N–H and O–H groups in total. The van der Waals surface area contributed by atoms with Crippen molar-refractivity contribution in [2.45, 2.75) is 71.6 Å². The Hall–Kier alpha value is 0.150. The van der Waals surface area contributed by atoms with Crippen molar-refractivity contribution in [2.75, 3.05) is 12.8 Å². The molecule has 0 rings (SSSR count). The third kappa shape index (κ3) is 12.4. The van der Waals surface area contributed by atoms with Crippen molar-refractivity contribution < 1.29 is 14.0 Å². The Balaban J connectivity index is 3.40. The zero-order valence-electron chi connectivity index (χ0n) is 11.5. The van der Waals surface area contributed by atoms with Gasteiger partial charge in [-0.25, -0.2) is 0 Å². The van der Waals surface area contributed by atoms with Crippen LogP contribution in [-0.4, -0.2) is 17.7 Å². The summed E-state index contributed by atoms with van der Waals surface area (Å²) in [6.07, 6.45) is 10.1. The van der Waals surface area contributed by atoms with Gasteiger partial charge >= 0.3 is 7.60 Å². The highest BCUT2D eigenvalue weighted by atomic mass is 31.2. The SMILES string of the molecule is CCCCCCCOP(=O)(O)CCCCCC. The zero-order valence-corrected chi connectivity index (χ0v) is 12.4. The molecule has 0 aliphatic rings. The van der Waals surface area contributed by atoms with Crippen LogP contribution in [0.4, 0.5) is 0 Å². The molecule has 0 radical (unpaired) electrons. The van der Waals surface area contributed by atoms with Crippen LogP contribution in [0.1, 0.15) is 71.6 Å². The lowest BCUT2D eigenvalue weighted by Gasteiger charge is -2.11. The Morgan fingerprint density at radius 2 is 1.41 bits per heavy atom. The highest BCUT2D eigenvalue weighted by Gasteiger charge is 2.17. The molecule has 0 fully saturated rings. The largest absolute Gasteiger partial charge is 0.328 e. The average Bonchev–Trinajstić information content (AvgIpc) is 2.29. The molecule has 4 heteroatoms. The normalized spacial score (nSPS) is 14.8. The van der Waals surface area contributed by atoms with Crippen molar-refractivity contribution in [3.05, 3.63) is 0 Å². The van der Waals surface area contributed by atoms with Gasteiger partial charge in [0.05, 0.1) is 6.61 Å². The smallest absolute Gasteiger partial charge is 0.324 e. The van der Waals surface area contributed by atoms with E-state index >= 15 is 0 Å². The van der Waals surface area contributed by atoms with Crippen molar-refractivity contribution in [3.63, 3.8) is 0 Å². The van der Waals surface area contributed by atoms with Crippen molar-refractivity contribution in [1.29, 1.82) is 0 Å². The second kappa shape index (κ2) is 11.3. The summed E-state index contributed by atoms with van der Waals surface area (Å²) < 4.78 is 16.7. The van der Waals surface area contributed by atoms with Gasteiger partial charge in [-0.1, -0.05) is 58.8 Å². The van der Waals surface area contributed by atoms with Crippen molar-refractivity contribution in [3.8, 4) is 0 Å². The molecule has 0 spiro atoms. The van der Waals surface area contributed by atoms with E-state index in [0.29, 0.717) is 12.8 Å². The van der Waals surface area contributed by atoms with E-state index in [1.807, 2.05) is 0 Å². The summed E-state index contributed by atoms with van der Waals surface area (Å²) >= 11 is 0. The van der Waals surface area contributed by atoms with Crippen molar-refractivity contribution in [2.24, 2.45) is 0 Å². The van der Waals surface area contributed by atoms with Crippen LogP contribution in [0.5, 0.6) is 0 Å². The second-order valence-corrected chi connectivity index (χ2v) is 6.65. The Kier molecular flexibility index (Phi) is 11.4. The van der Waals surface area contributed by atoms with Crippen LogP contribution in [0.3, 0.4) is 0 Å². The van der Waals surface area contributed by atoms with Gasteiger partial charge in [0.1, 0.15) is 0 Å². The van der Waals surface area contributed by atoms with Crippen LogP contribution in [0.2, 0.25) is 0 Å². The van der Waals surface area contributed by atoms with Crippen LogP contribution in [0, 0.1) is 0 Å². The van der Waals surface area contributed by atoms with E-state index < -0.39 is 7.60 Å². The lowest BCUT2D eigenvalue weighted by molar-refractivity contribution is 0.252. The molecule has 0 saturated carbocycles. The standard InChI is InChI=1S/C13H29O3P/c1-3-5-7-9-10-12-16-17(14,15)13-11-8-6-4-2/h3-13H2,1-2H3,(H,14,15). The van der Waals surface area contributed by atoms with Gasteiger partial charge in [-0.3, -0.25) is 4.57 Å². The maximum absolute atomic E-state index is 11.6. The van der Waals surface area contributed by atoms with Gasteiger partial charge in [-0.05, 0) is 12.8 Å². The van der Waals surface area contributed by atoms with E-state index in [2.05, 4.69) is 13.8 Å². The predicted octanol–water partition coefficient (Wildman–Crippen LogP) is 4.74. The van der Waals surface area contributed by atoms with Gasteiger partial charge in [0, 0.05) is 6.16 Å². The molecule has 3 nitrogen and oxygen atoms in total. The molecule has 0 aromatic heterocycles. The van der Waals surface area contributed by atoms with E-state index in [1.54, 1.807) is 0 Å². The molecule has 0 heterocycles. The summed E-state index contributed by atoms with van der Waals surface area (Å²) in [6, 6.07) is 0. The molecule has 1 unspecified atom stereocenters. The Labute approximate surface area is 106 Å². The van der Waals surface area contributed by atoms with Crippen LogP contribution < -0.4 is 0 Å². The lowest BCUT2D eigenvalue weighted by atomic mass is 10.2. The molecule has 0 aromatic carbocycles. The number of hydrogen-bond donors (Lipinski definition) is 1. The monoisotopic (exact) mass is 264 g/mol. The summed E-state index contributed by atoms with van der Waals surface area (Å²) in [5, 5.41) is 0. The fourth-order valence-corrected chi connectivity index (χ4v) is 2.88. The Bertz CT molecular complexity index is 207. The first-order chi connectivity index (χ1) is 8.12. The maximum atomic E-state index is 11.6. The third-order valence-electron chi connectivity index (χ3n) is 2.84.